The van der Waals surface area contributed by atoms with Crippen LogP contribution in [0.25, 0.3) is 0 Å². The molecule has 0 unspecified atom stereocenters. The summed E-state index contributed by atoms with van der Waals surface area (Å²) in [5.74, 6) is -0.542. The van der Waals surface area contributed by atoms with E-state index in [4.69, 9.17) is 0 Å². The van der Waals surface area contributed by atoms with Gasteiger partial charge >= 0.3 is 0 Å². The largest absolute Gasteiger partial charge is 0.385 e. The van der Waals surface area contributed by atoms with E-state index in [9.17, 15) is 14.3 Å². The lowest BCUT2D eigenvalue weighted by Gasteiger charge is -2.37. The van der Waals surface area contributed by atoms with Crippen molar-refractivity contribution in [2.24, 2.45) is 4.99 Å². The number of benzene rings is 2. The molecule has 0 aromatic heterocycles. The molecule has 3 nitrogen and oxygen atoms in total. The summed E-state index contributed by atoms with van der Waals surface area (Å²) in [4.78, 5) is 16.7. The second kappa shape index (κ2) is 5.10. The van der Waals surface area contributed by atoms with Gasteiger partial charge in [0.15, 0.2) is 5.78 Å². The predicted molar refractivity (Wildman–Crippen MR) is 85.7 cm³/mol. The third-order valence-corrected chi connectivity index (χ3v) is 4.78. The number of Topliss-reactive ketones (excluding diaryl/α,β-unsaturated/α-hetero) is 1. The maximum atomic E-state index is 13.3. The highest BCUT2D eigenvalue weighted by molar-refractivity contribution is 6.20. The Hall–Kier alpha value is -2.33. The Morgan fingerprint density at radius 3 is 2.48 bits per heavy atom. The lowest BCUT2D eigenvalue weighted by Crippen LogP contribution is -2.33. The summed E-state index contributed by atoms with van der Waals surface area (Å²) in [6.07, 6.45) is 2.81. The van der Waals surface area contributed by atoms with E-state index in [0.29, 0.717) is 17.0 Å². The van der Waals surface area contributed by atoms with Crippen LogP contribution >= 0.6 is 0 Å². The maximum Gasteiger partial charge on any atom is 0.171 e. The summed E-state index contributed by atoms with van der Waals surface area (Å²) in [7, 11) is 0. The van der Waals surface area contributed by atoms with Gasteiger partial charge in [-0.3, -0.25) is 9.79 Å². The molecule has 0 saturated heterocycles. The Morgan fingerprint density at radius 2 is 1.83 bits per heavy atom. The molecule has 116 valence electrons. The van der Waals surface area contributed by atoms with Gasteiger partial charge in [-0.2, -0.15) is 0 Å². The van der Waals surface area contributed by atoms with Crippen LogP contribution in [0, 0.1) is 5.82 Å². The number of rotatable bonds is 2. The zero-order chi connectivity index (χ0) is 16.0. The van der Waals surface area contributed by atoms with Crippen molar-refractivity contribution in [3.8, 4) is 0 Å². The molecule has 0 bridgehead atoms. The van der Waals surface area contributed by atoms with Crippen LogP contribution in [-0.4, -0.2) is 16.6 Å². The second-order valence-corrected chi connectivity index (χ2v) is 6.28. The van der Waals surface area contributed by atoms with Crippen LogP contribution < -0.4 is 0 Å². The average Bonchev–Trinajstić information content (AvgIpc) is 2.53. The minimum atomic E-state index is -0.688. The van der Waals surface area contributed by atoms with Crippen molar-refractivity contribution in [3.63, 3.8) is 0 Å². The predicted octanol–water partition coefficient (Wildman–Crippen LogP) is 3.90. The maximum absolute atomic E-state index is 13.3. The molecule has 2 aromatic carbocycles. The fourth-order valence-corrected chi connectivity index (χ4v) is 3.20. The van der Waals surface area contributed by atoms with E-state index < -0.39 is 11.4 Å². The molecule has 4 heteroatoms. The summed E-state index contributed by atoms with van der Waals surface area (Å²) in [6, 6.07) is 11.7. The topological polar surface area (TPSA) is 49.7 Å². The smallest absolute Gasteiger partial charge is 0.171 e. The van der Waals surface area contributed by atoms with Crippen molar-refractivity contribution in [1.82, 2.24) is 0 Å². The van der Waals surface area contributed by atoms with Crippen LogP contribution in [0.1, 0.15) is 47.2 Å². The number of carbonyl (C=O) groups is 1. The molecule has 1 aliphatic carbocycles. The number of fused-ring (bicyclic) bond motifs is 1. The van der Waals surface area contributed by atoms with Gasteiger partial charge in [-0.1, -0.05) is 24.3 Å². The van der Waals surface area contributed by atoms with Gasteiger partial charge < -0.3 is 5.11 Å². The van der Waals surface area contributed by atoms with E-state index in [2.05, 4.69) is 4.99 Å². The fraction of sp³-hybridized carbons (Fsp3) is 0.263. The van der Waals surface area contributed by atoms with Crippen molar-refractivity contribution in [2.45, 2.75) is 31.3 Å². The minimum Gasteiger partial charge on any atom is -0.385 e. The summed E-state index contributed by atoms with van der Waals surface area (Å²) >= 11 is 0. The van der Waals surface area contributed by atoms with Crippen LogP contribution in [0.15, 0.2) is 47.5 Å². The normalized spacial score (nSPS) is 18.9. The molecular weight excluding hydrogens is 293 g/mol. The van der Waals surface area contributed by atoms with Gasteiger partial charge in [-0.05, 0) is 48.6 Å². The van der Waals surface area contributed by atoms with Gasteiger partial charge in [0.25, 0.3) is 0 Å². The van der Waals surface area contributed by atoms with Gasteiger partial charge in [0.2, 0.25) is 0 Å². The van der Waals surface area contributed by atoms with Gasteiger partial charge in [0, 0.05) is 5.56 Å². The summed E-state index contributed by atoms with van der Waals surface area (Å²) in [6.45, 7) is 0. The van der Waals surface area contributed by atoms with Gasteiger partial charge in [-0.15, -0.1) is 0 Å². The average molecular weight is 309 g/mol. The Bertz CT molecular complexity index is 820. The van der Waals surface area contributed by atoms with Crippen molar-refractivity contribution in [2.75, 3.05) is 0 Å². The summed E-state index contributed by atoms with van der Waals surface area (Å²) in [5, 5.41) is 10.4. The number of aliphatic imine (C=N–C) groups is 1. The van der Waals surface area contributed by atoms with E-state index >= 15 is 0 Å². The van der Waals surface area contributed by atoms with Crippen molar-refractivity contribution in [1.29, 1.82) is 0 Å². The van der Waals surface area contributed by atoms with E-state index in [1.807, 2.05) is 24.3 Å². The van der Waals surface area contributed by atoms with Gasteiger partial charge in [-0.25, -0.2) is 4.39 Å². The highest BCUT2D eigenvalue weighted by atomic mass is 19.1. The number of carbonyl (C=O) groups excluding carboxylic acids is 1. The highest BCUT2D eigenvalue weighted by Crippen LogP contribution is 2.41. The van der Waals surface area contributed by atoms with Crippen molar-refractivity contribution < 1.29 is 14.3 Å². The van der Waals surface area contributed by atoms with Gasteiger partial charge in [0.1, 0.15) is 5.82 Å². The molecule has 1 heterocycles. The Morgan fingerprint density at radius 1 is 1.09 bits per heavy atom. The third-order valence-electron chi connectivity index (χ3n) is 4.78. The van der Waals surface area contributed by atoms with Gasteiger partial charge in [0.05, 0.1) is 23.4 Å². The third kappa shape index (κ3) is 2.39. The Labute approximate surface area is 133 Å². The molecule has 1 aliphatic heterocycles. The first-order valence-electron chi connectivity index (χ1n) is 7.79. The summed E-state index contributed by atoms with van der Waals surface area (Å²) < 4.78 is 13.3. The van der Waals surface area contributed by atoms with Crippen LogP contribution in [-0.2, 0) is 5.60 Å². The molecule has 1 N–H and O–H groups in total. The number of halogens is 1. The van der Waals surface area contributed by atoms with Crippen molar-refractivity contribution >= 4 is 17.2 Å². The standard InChI is InChI=1S/C19H16FNO2/c20-14-6-7-16-15(10-14)18(22)11-17(21-16)12-2-4-13(5-3-12)19(23)8-1-9-19/h2-7,10,23H,1,8-9,11H2. The monoisotopic (exact) mass is 309 g/mol. The zero-order valence-corrected chi connectivity index (χ0v) is 12.6. The van der Waals surface area contributed by atoms with Crippen LogP contribution in [0.2, 0.25) is 0 Å². The molecular formula is C19H16FNO2. The van der Waals surface area contributed by atoms with E-state index in [-0.39, 0.29) is 12.2 Å². The van der Waals surface area contributed by atoms with Crippen LogP contribution in [0.4, 0.5) is 10.1 Å². The molecule has 0 amide bonds. The van der Waals surface area contributed by atoms with Crippen LogP contribution in [0.3, 0.4) is 0 Å². The Balaban J connectivity index is 1.68. The molecule has 4 rings (SSSR count). The fourth-order valence-electron chi connectivity index (χ4n) is 3.20. The molecule has 23 heavy (non-hydrogen) atoms. The van der Waals surface area contributed by atoms with Crippen LogP contribution in [0.5, 0.6) is 0 Å². The molecule has 1 saturated carbocycles. The first kappa shape index (κ1) is 14.3. The number of hydrogen-bond acceptors (Lipinski definition) is 3. The molecule has 2 aromatic rings. The molecule has 0 radical (unpaired) electrons. The molecule has 1 fully saturated rings. The minimum absolute atomic E-state index is 0.119. The lowest BCUT2D eigenvalue weighted by molar-refractivity contribution is -0.0387. The molecule has 0 spiro atoms. The first-order valence-corrected chi connectivity index (χ1v) is 7.79. The lowest BCUT2D eigenvalue weighted by atomic mass is 9.75. The quantitative estimate of drug-likeness (QED) is 0.914. The second-order valence-electron chi connectivity index (χ2n) is 6.28. The SMILES string of the molecule is O=C1CC(c2ccc(C3(O)CCC3)cc2)=Nc2ccc(F)cc21. The first-order chi connectivity index (χ1) is 11.0. The van der Waals surface area contributed by atoms with Crippen molar-refractivity contribution in [3.05, 3.63) is 65.0 Å². The number of aliphatic hydroxyl groups is 1. The molecule has 0 atom stereocenters. The number of nitrogens with zero attached hydrogens (tertiary/aromatic N) is 1. The van der Waals surface area contributed by atoms with E-state index in [0.717, 1.165) is 30.4 Å². The highest BCUT2D eigenvalue weighted by Gasteiger charge is 2.36. The zero-order valence-electron chi connectivity index (χ0n) is 12.6. The number of hydrogen-bond donors (Lipinski definition) is 1. The van der Waals surface area contributed by atoms with E-state index in [1.165, 1.54) is 18.2 Å². The summed E-state index contributed by atoms with van der Waals surface area (Å²) in [5.41, 5.74) is 2.62. The van der Waals surface area contributed by atoms with E-state index in [1.54, 1.807) is 0 Å². The molecule has 2 aliphatic rings. The Kier molecular flexibility index (Phi) is 3.16. The number of ketones is 1.